The zero-order chi connectivity index (χ0) is 16.0. The first-order valence-corrected chi connectivity index (χ1v) is 11.7. The van der Waals surface area contributed by atoms with Crippen molar-refractivity contribution < 1.29 is 27.2 Å². The maximum atomic E-state index is 8.94. The van der Waals surface area contributed by atoms with Crippen LogP contribution in [0.4, 0.5) is 0 Å². The van der Waals surface area contributed by atoms with E-state index in [9.17, 15) is 0 Å². The fourth-order valence-electron chi connectivity index (χ4n) is 4.33. The van der Waals surface area contributed by atoms with Gasteiger partial charge in [-0.15, -0.1) is 6.54 Å². The molecule has 0 aromatic heterocycles. The SMILES string of the molecule is C1CCOC1.CC1C(C)C(C)C([Si](C)(C)[N-]CCO)C1C.[CH3-].[Cr+2]. The van der Waals surface area contributed by atoms with Gasteiger partial charge in [-0.1, -0.05) is 54.6 Å². The Morgan fingerprint density at radius 3 is 1.70 bits per heavy atom. The monoisotopic (exact) mass is 381 g/mol. The molecule has 1 aliphatic carbocycles. The molecule has 23 heavy (non-hydrogen) atoms. The van der Waals surface area contributed by atoms with E-state index in [2.05, 4.69) is 40.8 Å². The van der Waals surface area contributed by atoms with E-state index in [1.165, 1.54) is 12.8 Å². The second-order valence-electron chi connectivity index (χ2n) is 7.54. The Morgan fingerprint density at radius 1 is 0.957 bits per heavy atom. The number of nitrogens with zero attached hydrogens (tertiary/aromatic N) is 1. The molecular formula is C18H39CrNO2Si. The van der Waals surface area contributed by atoms with Gasteiger partial charge >= 0.3 is 17.4 Å². The van der Waals surface area contributed by atoms with Crippen molar-refractivity contribution in [2.45, 2.75) is 59.2 Å². The summed E-state index contributed by atoms with van der Waals surface area (Å²) in [5.41, 5.74) is 0.782. The fourth-order valence-corrected chi connectivity index (χ4v) is 8.40. The molecule has 0 radical (unpaired) electrons. The van der Waals surface area contributed by atoms with Gasteiger partial charge in [0.05, 0.1) is 0 Å². The van der Waals surface area contributed by atoms with Gasteiger partial charge in [-0.2, -0.15) is 0 Å². The smallest absolute Gasteiger partial charge is 0.663 e. The van der Waals surface area contributed by atoms with Crippen LogP contribution in [0.2, 0.25) is 18.6 Å². The van der Waals surface area contributed by atoms with Gasteiger partial charge in [-0.05, 0) is 36.5 Å². The number of aliphatic hydroxyl groups is 1. The Morgan fingerprint density at radius 2 is 1.39 bits per heavy atom. The summed E-state index contributed by atoms with van der Waals surface area (Å²) in [6.07, 6.45) is 2.56. The van der Waals surface area contributed by atoms with Crippen LogP contribution in [0, 0.1) is 31.1 Å². The maximum absolute atomic E-state index is 8.94. The quantitative estimate of drug-likeness (QED) is 0.565. The molecule has 138 valence electrons. The van der Waals surface area contributed by atoms with Crippen molar-refractivity contribution >= 4 is 8.24 Å². The zero-order valence-electron chi connectivity index (χ0n) is 16.3. The van der Waals surface area contributed by atoms with Crippen LogP contribution in [0.5, 0.6) is 0 Å². The maximum Gasteiger partial charge on any atom is 2.00 e. The van der Waals surface area contributed by atoms with Crippen LogP contribution in [-0.4, -0.2) is 39.7 Å². The number of aliphatic hydroxyl groups excluding tert-OH is 1. The van der Waals surface area contributed by atoms with Crippen molar-refractivity contribution in [3.63, 3.8) is 0 Å². The second kappa shape index (κ2) is 12.1. The topological polar surface area (TPSA) is 43.6 Å². The molecule has 1 heterocycles. The van der Waals surface area contributed by atoms with Gasteiger partial charge in [0.15, 0.2) is 0 Å². The molecule has 0 aromatic carbocycles. The second-order valence-corrected chi connectivity index (χ2v) is 11.8. The van der Waals surface area contributed by atoms with E-state index in [1.54, 1.807) is 0 Å². The molecule has 1 aliphatic heterocycles. The first-order chi connectivity index (χ1) is 9.83. The van der Waals surface area contributed by atoms with Crippen molar-refractivity contribution in [1.82, 2.24) is 0 Å². The molecule has 5 heteroatoms. The molecular weight excluding hydrogens is 342 g/mol. The Balaban J connectivity index is 0. The van der Waals surface area contributed by atoms with E-state index in [4.69, 9.17) is 14.8 Å². The first-order valence-electron chi connectivity index (χ1n) is 8.70. The average molecular weight is 382 g/mol. The van der Waals surface area contributed by atoms with Crippen LogP contribution in [0.1, 0.15) is 40.5 Å². The van der Waals surface area contributed by atoms with Crippen molar-refractivity contribution in [3.8, 4) is 0 Å². The number of ether oxygens (including phenoxy) is 1. The Bertz CT molecular complexity index is 279. The first kappa shape index (κ1) is 25.9. The van der Waals surface area contributed by atoms with Gasteiger partial charge in [0.2, 0.25) is 0 Å². The van der Waals surface area contributed by atoms with E-state index in [0.29, 0.717) is 6.54 Å². The summed E-state index contributed by atoms with van der Waals surface area (Å²) < 4.78 is 4.94. The minimum Gasteiger partial charge on any atom is -0.663 e. The molecule has 2 aliphatic rings. The van der Waals surface area contributed by atoms with Crippen LogP contribution in [0.25, 0.3) is 4.98 Å². The van der Waals surface area contributed by atoms with Gasteiger partial charge in [-0.25, -0.2) is 0 Å². The fraction of sp³-hybridized carbons (Fsp3) is 0.944. The molecule has 1 N–H and O–H groups in total. The Kier molecular flexibility index (Phi) is 13.6. The van der Waals surface area contributed by atoms with Gasteiger partial charge in [0.1, 0.15) is 0 Å². The molecule has 3 nitrogen and oxygen atoms in total. The molecule has 2 rings (SSSR count). The van der Waals surface area contributed by atoms with Crippen LogP contribution >= 0.6 is 0 Å². The van der Waals surface area contributed by atoms with E-state index < -0.39 is 8.24 Å². The molecule has 0 spiro atoms. The Labute approximate surface area is 157 Å². The molecule has 0 aromatic rings. The minimum atomic E-state index is -1.54. The van der Waals surface area contributed by atoms with Crippen LogP contribution < -0.4 is 0 Å². The molecule has 2 fully saturated rings. The van der Waals surface area contributed by atoms with Gasteiger partial charge in [0.25, 0.3) is 0 Å². The van der Waals surface area contributed by atoms with Crippen molar-refractivity contribution in [1.29, 1.82) is 0 Å². The van der Waals surface area contributed by atoms with Crippen molar-refractivity contribution in [3.05, 3.63) is 12.4 Å². The normalized spacial score (nSPS) is 33.3. The van der Waals surface area contributed by atoms with Crippen LogP contribution in [0.15, 0.2) is 0 Å². The van der Waals surface area contributed by atoms with Gasteiger partial charge < -0.3 is 22.3 Å². The third-order valence-electron chi connectivity index (χ3n) is 5.88. The summed E-state index contributed by atoms with van der Waals surface area (Å²) >= 11 is 0. The van der Waals surface area contributed by atoms with E-state index in [0.717, 1.165) is 42.4 Å². The number of hydrogen-bond donors (Lipinski definition) is 1. The standard InChI is InChI=1S/C13H28NOSi.C4H8O.CH3.Cr/c1-9-10(2)12(4)13(11(9)3)16(5,6)14-7-8-15;1-2-4-5-3-1;;/h9-13,15H,7-8H2,1-6H3;1-4H2;1H3;/q-1;;-1;+2. The molecule has 4 atom stereocenters. The molecule has 1 saturated heterocycles. The molecule has 4 unspecified atom stereocenters. The van der Waals surface area contributed by atoms with E-state index >= 15 is 0 Å². The minimum absolute atomic E-state index is 0. The molecule has 1 saturated carbocycles. The molecule has 0 amide bonds. The summed E-state index contributed by atoms with van der Waals surface area (Å²) in [6.45, 7) is 17.2. The third kappa shape index (κ3) is 7.18. The number of hydrogen-bond acceptors (Lipinski definition) is 2. The van der Waals surface area contributed by atoms with Gasteiger partial charge in [0, 0.05) is 19.8 Å². The Hall–Kier alpha value is 0.629. The van der Waals surface area contributed by atoms with Gasteiger partial charge in [-0.3, -0.25) is 0 Å². The average Bonchev–Trinajstić information content (AvgIpc) is 3.07. The number of rotatable bonds is 4. The third-order valence-corrected chi connectivity index (χ3v) is 9.61. The van der Waals surface area contributed by atoms with Crippen LogP contribution in [0.3, 0.4) is 0 Å². The van der Waals surface area contributed by atoms with Crippen molar-refractivity contribution in [2.75, 3.05) is 26.4 Å². The van der Waals surface area contributed by atoms with E-state index in [-0.39, 0.29) is 31.4 Å². The van der Waals surface area contributed by atoms with Crippen LogP contribution in [-0.2, 0) is 22.1 Å². The molecule has 0 bridgehead atoms. The zero-order valence-corrected chi connectivity index (χ0v) is 18.6. The predicted molar refractivity (Wildman–Crippen MR) is 99.7 cm³/mol. The largest absolute Gasteiger partial charge is 2.00 e. The van der Waals surface area contributed by atoms with E-state index in [1.807, 2.05) is 0 Å². The predicted octanol–water partition coefficient (Wildman–Crippen LogP) is 4.73. The summed E-state index contributed by atoms with van der Waals surface area (Å²) in [7, 11) is -1.54. The summed E-state index contributed by atoms with van der Waals surface area (Å²) in [5, 5.41) is 8.94. The van der Waals surface area contributed by atoms with Crippen molar-refractivity contribution in [2.24, 2.45) is 23.7 Å². The summed E-state index contributed by atoms with van der Waals surface area (Å²) in [5.74, 6) is 3.20. The summed E-state index contributed by atoms with van der Waals surface area (Å²) in [4.78, 5) is 4.82. The summed E-state index contributed by atoms with van der Waals surface area (Å²) in [6, 6.07) is 0.